The van der Waals surface area contributed by atoms with Gasteiger partial charge in [-0.2, -0.15) is 4.68 Å². The number of benzene rings is 2. The first-order chi connectivity index (χ1) is 11.6. The summed E-state index contributed by atoms with van der Waals surface area (Å²) in [6.07, 6.45) is 0. The predicted molar refractivity (Wildman–Crippen MR) is 91.1 cm³/mol. The van der Waals surface area contributed by atoms with Crippen LogP contribution in [0.1, 0.15) is 0 Å². The van der Waals surface area contributed by atoms with Gasteiger partial charge in [-0.25, -0.2) is 8.42 Å². The summed E-state index contributed by atoms with van der Waals surface area (Å²) in [5, 5.41) is 14.4. The van der Waals surface area contributed by atoms with Gasteiger partial charge >= 0.3 is 0 Å². The van der Waals surface area contributed by atoms with Crippen LogP contribution in [0.4, 0.5) is 5.69 Å². The summed E-state index contributed by atoms with van der Waals surface area (Å²) in [5.41, 5.74) is 1.38. The monoisotopic (exact) mass is 363 g/mol. The van der Waals surface area contributed by atoms with Crippen LogP contribution in [0.15, 0.2) is 59.8 Å². The maximum atomic E-state index is 12.5. The summed E-state index contributed by atoms with van der Waals surface area (Å²) in [6, 6.07) is 15.9. The number of hydrogen-bond donors (Lipinski definition) is 1. The van der Waals surface area contributed by atoms with Crippen LogP contribution in [0.5, 0.6) is 0 Å². The molecule has 0 radical (unpaired) electrons. The van der Waals surface area contributed by atoms with Crippen molar-refractivity contribution < 1.29 is 8.42 Å². The van der Waals surface area contributed by atoms with E-state index in [9.17, 15) is 8.42 Å². The molecule has 124 valence electrons. The van der Waals surface area contributed by atoms with Crippen LogP contribution < -0.4 is 5.32 Å². The predicted octanol–water partition coefficient (Wildman–Crippen LogP) is 2.20. The summed E-state index contributed by atoms with van der Waals surface area (Å²) in [6.45, 7) is 0.228. The summed E-state index contributed by atoms with van der Waals surface area (Å²) in [7, 11) is -3.64. The van der Waals surface area contributed by atoms with Crippen molar-refractivity contribution in [2.24, 2.45) is 0 Å². The van der Waals surface area contributed by atoms with E-state index in [0.717, 1.165) is 5.69 Å². The van der Waals surface area contributed by atoms with Crippen LogP contribution in [0.3, 0.4) is 0 Å². The maximum absolute atomic E-state index is 12.5. The normalized spacial score (nSPS) is 11.4. The average Bonchev–Trinajstić information content (AvgIpc) is 3.08. The minimum atomic E-state index is -3.64. The molecule has 7 nitrogen and oxygen atoms in total. The van der Waals surface area contributed by atoms with Gasteiger partial charge in [0.25, 0.3) is 5.16 Å². The van der Waals surface area contributed by atoms with Crippen molar-refractivity contribution in [3.05, 3.63) is 59.6 Å². The Morgan fingerprint density at radius 2 is 1.75 bits per heavy atom. The van der Waals surface area contributed by atoms with Crippen molar-refractivity contribution in [2.75, 3.05) is 17.6 Å². The topological polar surface area (TPSA) is 89.8 Å². The number of rotatable bonds is 6. The van der Waals surface area contributed by atoms with Gasteiger partial charge in [0.05, 0.1) is 11.4 Å². The first-order valence-electron chi connectivity index (χ1n) is 7.12. The Hall–Kier alpha value is -2.45. The highest BCUT2D eigenvalue weighted by molar-refractivity contribution is 7.91. The SMILES string of the molecule is O=S(=O)(CCNc1ccc(Cl)cc1)c1nnnn1-c1ccccc1. The van der Waals surface area contributed by atoms with Gasteiger partial charge in [-0.3, -0.25) is 0 Å². The van der Waals surface area contributed by atoms with Crippen molar-refractivity contribution >= 4 is 27.1 Å². The van der Waals surface area contributed by atoms with E-state index in [1.165, 1.54) is 4.68 Å². The highest BCUT2D eigenvalue weighted by Crippen LogP contribution is 2.15. The summed E-state index contributed by atoms with van der Waals surface area (Å²) in [5.74, 6) is -0.136. The van der Waals surface area contributed by atoms with Gasteiger partial charge in [0.15, 0.2) is 0 Å². The van der Waals surface area contributed by atoms with E-state index < -0.39 is 9.84 Å². The van der Waals surface area contributed by atoms with E-state index in [4.69, 9.17) is 11.6 Å². The van der Waals surface area contributed by atoms with Gasteiger partial charge < -0.3 is 5.32 Å². The molecule has 3 rings (SSSR count). The molecule has 0 amide bonds. The van der Waals surface area contributed by atoms with E-state index >= 15 is 0 Å². The zero-order valence-electron chi connectivity index (χ0n) is 12.5. The van der Waals surface area contributed by atoms with Crippen LogP contribution in [0, 0.1) is 0 Å². The maximum Gasteiger partial charge on any atom is 0.272 e. The number of sulfone groups is 1. The fourth-order valence-corrected chi connectivity index (χ4v) is 3.34. The molecule has 2 aromatic carbocycles. The molecule has 0 saturated heterocycles. The molecule has 0 atom stereocenters. The van der Waals surface area contributed by atoms with E-state index in [-0.39, 0.29) is 17.5 Å². The number of hydrogen-bond acceptors (Lipinski definition) is 6. The molecule has 0 unspecified atom stereocenters. The molecule has 1 aromatic heterocycles. The number of tetrazole rings is 1. The first-order valence-corrected chi connectivity index (χ1v) is 9.15. The average molecular weight is 364 g/mol. The van der Waals surface area contributed by atoms with E-state index in [1.54, 1.807) is 48.5 Å². The Bertz CT molecular complexity index is 911. The van der Waals surface area contributed by atoms with Crippen LogP contribution >= 0.6 is 11.6 Å². The molecule has 0 aliphatic carbocycles. The van der Waals surface area contributed by atoms with E-state index in [2.05, 4.69) is 20.8 Å². The Balaban J connectivity index is 1.72. The lowest BCUT2D eigenvalue weighted by atomic mass is 10.3. The summed E-state index contributed by atoms with van der Waals surface area (Å²) >= 11 is 5.81. The highest BCUT2D eigenvalue weighted by Gasteiger charge is 2.23. The molecule has 1 N–H and O–H groups in total. The van der Waals surface area contributed by atoms with Crippen molar-refractivity contribution in [1.29, 1.82) is 0 Å². The largest absolute Gasteiger partial charge is 0.384 e. The lowest BCUT2D eigenvalue weighted by molar-refractivity contribution is 0.580. The van der Waals surface area contributed by atoms with Crippen molar-refractivity contribution in [2.45, 2.75) is 5.16 Å². The van der Waals surface area contributed by atoms with Gasteiger partial charge in [-0.05, 0) is 46.8 Å². The minimum Gasteiger partial charge on any atom is -0.384 e. The molecular formula is C15H14ClN5O2S. The molecular weight excluding hydrogens is 350 g/mol. The molecule has 9 heteroatoms. The lowest BCUT2D eigenvalue weighted by Crippen LogP contribution is -2.19. The van der Waals surface area contributed by atoms with E-state index in [1.807, 2.05) is 6.07 Å². The zero-order valence-corrected chi connectivity index (χ0v) is 14.1. The third kappa shape index (κ3) is 3.72. The summed E-state index contributed by atoms with van der Waals surface area (Å²) < 4.78 is 26.2. The second-order valence-electron chi connectivity index (χ2n) is 4.96. The molecule has 0 fully saturated rings. The van der Waals surface area contributed by atoms with Crippen LogP contribution in [-0.4, -0.2) is 40.9 Å². The van der Waals surface area contributed by atoms with Gasteiger partial charge in [0.2, 0.25) is 9.84 Å². The number of para-hydroxylation sites is 1. The van der Waals surface area contributed by atoms with Crippen LogP contribution in [-0.2, 0) is 9.84 Å². The highest BCUT2D eigenvalue weighted by atomic mass is 35.5. The standard InChI is InChI=1S/C15H14ClN5O2S/c16-12-6-8-13(9-7-12)17-10-11-24(22,23)15-18-19-20-21(15)14-4-2-1-3-5-14/h1-9,17H,10-11H2. The van der Waals surface area contributed by atoms with Crippen molar-refractivity contribution in [1.82, 2.24) is 20.2 Å². The summed E-state index contributed by atoms with van der Waals surface area (Å²) in [4.78, 5) is 0. The van der Waals surface area contributed by atoms with Gasteiger partial charge in [0, 0.05) is 17.3 Å². The number of halogens is 1. The lowest BCUT2D eigenvalue weighted by Gasteiger charge is -2.08. The fourth-order valence-electron chi connectivity index (χ4n) is 2.09. The van der Waals surface area contributed by atoms with Crippen molar-refractivity contribution in [3.63, 3.8) is 0 Å². The van der Waals surface area contributed by atoms with E-state index in [0.29, 0.717) is 10.7 Å². The molecule has 3 aromatic rings. The number of anilines is 1. The first kappa shape index (κ1) is 16.4. The van der Waals surface area contributed by atoms with Gasteiger partial charge in [-0.1, -0.05) is 34.9 Å². The molecule has 0 aliphatic rings. The van der Waals surface area contributed by atoms with Gasteiger partial charge in [0.1, 0.15) is 0 Å². The quantitative estimate of drug-likeness (QED) is 0.722. The number of aromatic nitrogens is 4. The minimum absolute atomic E-state index is 0.136. The van der Waals surface area contributed by atoms with Crippen molar-refractivity contribution in [3.8, 4) is 5.69 Å². The Kier molecular flexibility index (Phi) is 4.77. The Morgan fingerprint density at radius 3 is 2.46 bits per heavy atom. The Morgan fingerprint density at radius 1 is 1.04 bits per heavy atom. The van der Waals surface area contributed by atoms with Crippen LogP contribution in [0.2, 0.25) is 5.02 Å². The molecule has 0 bridgehead atoms. The third-order valence-corrected chi connectivity index (χ3v) is 5.07. The number of nitrogens with zero attached hydrogens (tertiary/aromatic N) is 4. The van der Waals surface area contributed by atoms with Crippen LogP contribution in [0.25, 0.3) is 5.69 Å². The molecule has 1 heterocycles. The zero-order chi connectivity index (χ0) is 17.0. The smallest absolute Gasteiger partial charge is 0.272 e. The molecule has 0 saturated carbocycles. The number of nitrogens with one attached hydrogen (secondary N) is 1. The Labute approximate surface area is 144 Å². The van der Waals surface area contributed by atoms with Gasteiger partial charge in [-0.15, -0.1) is 0 Å². The second-order valence-corrected chi connectivity index (χ2v) is 7.40. The molecule has 0 aliphatic heterocycles. The second kappa shape index (κ2) is 6.98. The third-order valence-electron chi connectivity index (χ3n) is 3.26. The molecule has 24 heavy (non-hydrogen) atoms. The molecule has 0 spiro atoms. The fraction of sp³-hybridized carbons (Fsp3) is 0.133.